The molecule has 0 bridgehead atoms. The van der Waals surface area contributed by atoms with Gasteiger partial charge in [0.05, 0.1) is 13.2 Å². The molecule has 0 saturated carbocycles. The van der Waals surface area contributed by atoms with Crippen molar-refractivity contribution in [1.82, 2.24) is 5.32 Å². The van der Waals surface area contributed by atoms with Gasteiger partial charge in [0.15, 0.2) is 0 Å². The lowest BCUT2D eigenvalue weighted by Crippen LogP contribution is -2.27. The van der Waals surface area contributed by atoms with Gasteiger partial charge in [-0.25, -0.2) is 4.57 Å². The minimum absolute atomic E-state index is 0.0792. The molecular formula is C41H78NO8P. The second-order valence-electron chi connectivity index (χ2n) is 14.0. The lowest BCUT2D eigenvalue weighted by Gasteiger charge is -2.15. The number of allylic oxidation sites excluding steroid dienone is 4. The number of phosphoric acid groups is 1. The van der Waals surface area contributed by atoms with Crippen molar-refractivity contribution in [1.29, 1.82) is 0 Å². The molecule has 0 fully saturated rings. The predicted molar refractivity (Wildman–Crippen MR) is 211 cm³/mol. The van der Waals surface area contributed by atoms with Crippen LogP contribution in [0.1, 0.15) is 194 Å². The van der Waals surface area contributed by atoms with Gasteiger partial charge in [0.1, 0.15) is 12.7 Å². The van der Waals surface area contributed by atoms with Crippen molar-refractivity contribution in [2.45, 2.75) is 200 Å². The molecule has 0 aromatic carbocycles. The fourth-order valence-corrected chi connectivity index (χ4v) is 6.46. The van der Waals surface area contributed by atoms with E-state index in [1.807, 2.05) is 0 Å². The van der Waals surface area contributed by atoms with E-state index in [4.69, 9.17) is 13.8 Å². The zero-order chi connectivity index (χ0) is 37.5. The minimum Gasteiger partial charge on any atom is -0.463 e. The van der Waals surface area contributed by atoms with Gasteiger partial charge >= 0.3 is 13.8 Å². The normalized spacial score (nSPS) is 13.6. The lowest BCUT2D eigenvalue weighted by atomic mass is 10.0. The number of rotatable bonds is 39. The maximum atomic E-state index is 12.1. The molecule has 10 heteroatoms. The maximum absolute atomic E-state index is 12.1. The topological polar surface area (TPSA) is 131 Å². The van der Waals surface area contributed by atoms with Gasteiger partial charge < -0.3 is 20.1 Å². The number of unbranched alkanes of at least 4 members (excludes halogenated alkanes) is 22. The van der Waals surface area contributed by atoms with E-state index in [1.165, 1.54) is 116 Å². The monoisotopic (exact) mass is 744 g/mol. The lowest BCUT2D eigenvalue weighted by molar-refractivity contribution is -0.147. The van der Waals surface area contributed by atoms with E-state index in [0.717, 1.165) is 51.4 Å². The molecule has 0 saturated heterocycles. The molecule has 0 radical (unpaired) electrons. The summed E-state index contributed by atoms with van der Waals surface area (Å²) in [7, 11) is -4.41. The number of amides is 1. The number of carbonyl (C=O) groups is 2. The summed E-state index contributed by atoms with van der Waals surface area (Å²) in [6.07, 6.45) is 39.6. The first-order valence-corrected chi connectivity index (χ1v) is 22.3. The number of nitrogens with one attached hydrogen (secondary N) is 1. The second-order valence-corrected chi connectivity index (χ2v) is 15.4. The molecule has 0 heterocycles. The summed E-state index contributed by atoms with van der Waals surface area (Å²) in [6.45, 7) is 3.52. The summed E-state index contributed by atoms with van der Waals surface area (Å²) in [5.41, 5.74) is 0. The Morgan fingerprint density at radius 3 is 1.61 bits per heavy atom. The van der Waals surface area contributed by atoms with Crippen LogP contribution < -0.4 is 5.32 Å². The van der Waals surface area contributed by atoms with Gasteiger partial charge in [0.2, 0.25) is 5.91 Å². The number of aliphatic hydroxyl groups excluding tert-OH is 1. The standard InChI is InChI=1S/C41H78NO8P/c1-3-5-7-9-11-13-15-17-18-19-20-22-23-25-27-29-31-33-40(44)42-35-36-49-51(46,47)50-38-39(43)37-48-41(45)34-32-30-28-26-24-21-16-14-12-10-8-6-4-2/h11,13,17-18,39,43H,3-10,12,14-16,19-38H2,1-2H3,(H,42,44)(H,46,47)/b13-11-,18-17-. The number of hydrogen-bond acceptors (Lipinski definition) is 7. The van der Waals surface area contributed by atoms with E-state index >= 15 is 0 Å². The van der Waals surface area contributed by atoms with Gasteiger partial charge in [-0.2, -0.15) is 0 Å². The zero-order valence-corrected chi connectivity index (χ0v) is 33.7. The van der Waals surface area contributed by atoms with Crippen LogP contribution in [0.4, 0.5) is 0 Å². The quantitative estimate of drug-likeness (QED) is 0.0245. The molecule has 2 atom stereocenters. The van der Waals surface area contributed by atoms with Crippen LogP contribution in [0, 0.1) is 0 Å². The van der Waals surface area contributed by atoms with Crippen LogP contribution in [0.25, 0.3) is 0 Å². The summed E-state index contributed by atoms with van der Waals surface area (Å²) in [4.78, 5) is 33.8. The Morgan fingerprint density at radius 1 is 0.608 bits per heavy atom. The SMILES string of the molecule is CCCCC/C=C\C/C=C\CCCCCCCCCC(=O)NCCOP(=O)(O)OCC(O)COC(=O)CCCCCCCCCCCCCCC. The van der Waals surface area contributed by atoms with E-state index < -0.39 is 26.5 Å². The van der Waals surface area contributed by atoms with Crippen molar-refractivity contribution < 1.29 is 37.9 Å². The van der Waals surface area contributed by atoms with Gasteiger partial charge in [0.25, 0.3) is 0 Å². The maximum Gasteiger partial charge on any atom is 0.472 e. The van der Waals surface area contributed by atoms with Crippen molar-refractivity contribution >= 4 is 19.7 Å². The molecule has 0 aromatic rings. The number of carbonyl (C=O) groups excluding carboxylic acids is 2. The molecule has 9 nitrogen and oxygen atoms in total. The molecular weight excluding hydrogens is 665 g/mol. The Balaban J connectivity index is 3.60. The highest BCUT2D eigenvalue weighted by Crippen LogP contribution is 2.42. The van der Waals surface area contributed by atoms with E-state index in [2.05, 4.69) is 43.5 Å². The highest BCUT2D eigenvalue weighted by atomic mass is 31.2. The Bertz CT molecular complexity index is 897. The first kappa shape index (κ1) is 49.5. The van der Waals surface area contributed by atoms with Crippen LogP contribution >= 0.6 is 7.82 Å². The van der Waals surface area contributed by atoms with Gasteiger partial charge in [-0.3, -0.25) is 18.6 Å². The number of aliphatic hydroxyl groups is 1. The molecule has 0 aliphatic heterocycles. The van der Waals surface area contributed by atoms with Crippen molar-refractivity contribution in [3.05, 3.63) is 24.3 Å². The van der Waals surface area contributed by atoms with E-state index in [-0.39, 0.29) is 32.1 Å². The zero-order valence-electron chi connectivity index (χ0n) is 32.8. The number of ether oxygens (including phenoxy) is 1. The summed E-state index contributed by atoms with van der Waals surface area (Å²) in [5.74, 6) is -0.520. The number of esters is 1. The van der Waals surface area contributed by atoms with Crippen LogP contribution in [0.2, 0.25) is 0 Å². The van der Waals surface area contributed by atoms with Crippen LogP contribution in [-0.4, -0.2) is 54.3 Å². The van der Waals surface area contributed by atoms with E-state index in [0.29, 0.717) is 6.42 Å². The Kier molecular flexibility index (Phi) is 37.1. The van der Waals surface area contributed by atoms with Crippen LogP contribution in [0.5, 0.6) is 0 Å². The first-order valence-electron chi connectivity index (χ1n) is 20.8. The number of hydrogen-bond donors (Lipinski definition) is 3. The summed E-state index contributed by atoms with van der Waals surface area (Å²) < 4.78 is 26.8. The molecule has 51 heavy (non-hydrogen) atoms. The minimum atomic E-state index is -4.41. The molecule has 0 aliphatic rings. The molecule has 2 unspecified atom stereocenters. The number of phosphoric ester groups is 1. The van der Waals surface area contributed by atoms with Crippen LogP contribution in [0.15, 0.2) is 24.3 Å². The van der Waals surface area contributed by atoms with Gasteiger partial charge in [0, 0.05) is 19.4 Å². The third-order valence-electron chi connectivity index (χ3n) is 8.88. The smallest absolute Gasteiger partial charge is 0.463 e. The molecule has 0 spiro atoms. The molecule has 1 amide bonds. The molecule has 3 N–H and O–H groups in total. The summed E-state index contributed by atoms with van der Waals surface area (Å²) >= 11 is 0. The Morgan fingerprint density at radius 2 is 1.06 bits per heavy atom. The largest absolute Gasteiger partial charge is 0.472 e. The third-order valence-corrected chi connectivity index (χ3v) is 9.87. The van der Waals surface area contributed by atoms with Gasteiger partial charge in [-0.1, -0.05) is 160 Å². The molecule has 0 aromatic heterocycles. The molecule has 0 rings (SSSR count). The summed E-state index contributed by atoms with van der Waals surface area (Å²) in [5, 5.41) is 12.7. The van der Waals surface area contributed by atoms with Crippen molar-refractivity contribution in [2.75, 3.05) is 26.4 Å². The highest BCUT2D eigenvalue weighted by molar-refractivity contribution is 7.47. The van der Waals surface area contributed by atoms with Crippen molar-refractivity contribution in [2.24, 2.45) is 0 Å². The fraction of sp³-hybridized carbons (Fsp3) is 0.854. The van der Waals surface area contributed by atoms with Crippen molar-refractivity contribution in [3.8, 4) is 0 Å². The predicted octanol–water partition coefficient (Wildman–Crippen LogP) is 11.2. The molecule has 0 aliphatic carbocycles. The van der Waals surface area contributed by atoms with Gasteiger partial charge in [-0.15, -0.1) is 0 Å². The van der Waals surface area contributed by atoms with E-state index in [1.54, 1.807) is 0 Å². The fourth-order valence-electron chi connectivity index (χ4n) is 5.70. The van der Waals surface area contributed by atoms with Crippen LogP contribution in [-0.2, 0) is 27.9 Å². The van der Waals surface area contributed by atoms with E-state index in [9.17, 15) is 24.2 Å². The van der Waals surface area contributed by atoms with Gasteiger partial charge in [-0.05, 0) is 44.9 Å². The van der Waals surface area contributed by atoms with Crippen LogP contribution in [0.3, 0.4) is 0 Å². The average Bonchev–Trinajstić information content (AvgIpc) is 3.11. The molecule has 300 valence electrons. The Labute approximate surface area is 312 Å². The third kappa shape index (κ3) is 39.5. The first-order chi connectivity index (χ1) is 24.8. The highest BCUT2D eigenvalue weighted by Gasteiger charge is 2.23. The average molecular weight is 744 g/mol. The summed E-state index contributed by atoms with van der Waals surface area (Å²) in [6, 6.07) is 0. The Hall–Kier alpha value is -1.51. The van der Waals surface area contributed by atoms with Crippen molar-refractivity contribution in [3.63, 3.8) is 0 Å². The second kappa shape index (κ2) is 38.2.